The van der Waals surface area contributed by atoms with Gasteiger partial charge in [0.1, 0.15) is 17.3 Å². The van der Waals surface area contributed by atoms with Gasteiger partial charge >= 0.3 is 11.8 Å². The van der Waals surface area contributed by atoms with Crippen molar-refractivity contribution in [3.05, 3.63) is 53.8 Å². The zero-order chi connectivity index (χ0) is 18.2. The van der Waals surface area contributed by atoms with E-state index in [1.807, 2.05) is 0 Å². The molecule has 2 N–H and O–H groups in total. The minimum atomic E-state index is -0.970. The Morgan fingerprint density at radius 1 is 1.04 bits per heavy atom. The summed E-state index contributed by atoms with van der Waals surface area (Å²) < 4.78 is 23.1. The molecule has 2 rings (SSSR count). The number of benzene rings is 2. The molecule has 0 unspecified atom stereocenters. The van der Waals surface area contributed by atoms with Crippen LogP contribution in [-0.4, -0.2) is 32.2 Å². The second kappa shape index (κ2) is 8.44. The van der Waals surface area contributed by atoms with Gasteiger partial charge in [-0.1, -0.05) is 0 Å². The zero-order valence-corrected chi connectivity index (χ0v) is 13.6. The fraction of sp³-hybridized carbons (Fsp3) is 0.118. The lowest BCUT2D eigenvalue weighted by atomic mass is 10.2. The number of carbonyl (C=O) groups excluding carboxylic acids is 2. The lowest BCUT2D eigenvalue weighted by molar-refractivity contribution is -0.136. The summed E-state index contributed by atoms with van der Waals surface area (Å²) >= 11 is 0. The summed E-state index contributed by atoms with van der Waals surface area (Å²) in [5.74, 6) is -1.24. The van der Waals surface area contributed by atoms with Gasteiger partial charge in [-0.05, 0) is 42.5 Å². The molecular weight excluding hydrogens is 329 g/mol. The maximum atomic E-state index is 12.8. The van der Waals surface area contributed by atoms with Crippen LogP contribution in [-0.2, 0) is 9.59 Å². The van der Waals surface area contributed by atoms with Crippen molar-refractivity contribution in [2.45, 2.75) is 0 Å². The molecule has 0 aliphatic heterocycles. The van der Waals surface area contributed by atoms with Gasteiger partial charge in [0.15, 0.2) is 0 Å². The lowest BCUT2D eigenvalue weighted by Crippen LogP contribution is -2.32. The molecule has 8 heteroatoms. The maximum absolute atomic E-state index is 12.8. The smallest absolute Gasteiger partial charge is 0.329 e. The highest BCUT2D eigenvalue weighted by Crippen LogP contribution is 2.22. The molecule has 0 atom stereocenters. The van der Waals surface area contributed by atoms with Crippen LogP contribution < -0.4 is 20.2 Å². The molecular formula is C17H16FN3O4. The van der Waals surface area contributed by atoms with E-state index < -0.39 is 17.6 Å². The van der Waals surface area contributed by atoms with Crippen LogP contribution in [0.4, 0.5) is 10.1 Å². The molecule has 0 radical (unpaired) electrons. The molecule has 7 nitrogen and oxygen atoms in total. The molecule has 0 fully saturated rings. The minimum Gasteiger partial charge on any atom is -0.497 e. The number of hydrazone groups is 1. The van der Waals surface area contributed by atoms with E-state index in [1.165, 1.54) is 44.7 Å². The number of anilines is 1. The Bertz CT molecular complexity index is 791. The van der Waals surface area contributed by atoms with Gasteiger partial charge in [-0.3, -0.25) is 9.59 Å². The normalized spacial score (nSPS) is 10.4. The van der Waals surface area contributed by atoms with Gasteiger partial charge in [-0.15, -0.1) is 0 Å². The third-order valence-electron chi connectivity index (χ3n) is 3.11. The van der Waals surface area contributed by atoms with Crippen molar-refractivity contribution in [2.75, 3.05) is 19.5 Å². The van der Waals surface area contributed by atoms with Crippen molar-refractivity contribution >= 4 is 23.7 Å². The number of hydrogen-bond donors (Lipinski definition) is 2. The lowest BCUT2D eigenvalue weighted by Gasteiger charge is -2.07. The molecule has 0 saturated heterocycles. The number of ether oxygens (including phenoxy) is 2. The van der Waals surface area contributed by atoms with Crippen molar-refractivity contribution < 1.29 is 23.5 Å². The molecule has 0 aromatic heterocycles. The van der Waals surface area contributed by atoms with E-state index in [4.69, 9.17) is 9.47 Å². The molecule has 0 bridgehead atoms. The fourth-order valence-corrected chi connectivity index (χ4v) is 1.87. The monoisotopic (exact) mass is 345 g/mol. The molecule has 2 aromatic rings. The standard InChI is InChI=1S/C17H16FN3O4/c1-24-14-7-8-15(25-2)11(9-14)10-19-21-17(23)16(22)20-13-5-3-12(18)4-6-13/h3-10H,1-2H3,(H,20,22)(H,21,23)/b19-10-. The molecule has 0 aliphatic rings. The Kier molecular flexibility index (Phi) is 6.05. The molecule has 2 amide bonds. The summed E-state index contributed by atoms with van der Waals surface area (Å²) in [5, 5.41) is 6.04. The van der Waals surface area contributed by atoms with E-state index in [9.17, 15) is 14.0 Å². The first-order valence-corrected chi connectivity index (χ1v) is 7.15. The Morgan fingerprint density at radius 3 is 2.40 bits per heavy atom. The van der Waals surface area contributed by atoms with Crippen LogP contribution in [0.1, 0.15) is 5.56 Å². The third kappa shape index (κ3) is 5.03. The number of rotatable bonds is 5. The number of carbonyl (C=O) groups is 2. The van der Waals surface area contributed by atoms with Gasteiger partial charge in [0.2, 0.25) is 0 Å². The molecule has 25 heavy (non-hydrogen) atoms. The molecule has 0 aliphatic carbocycles. The van der Waals surface area contributed by atoms with Crippen LogP contribution in [0.2, 0.25) is 0 Å². The van der Waals surface area contributed by atoms with E-state index in [-0.39, 0.29) is 0 Å². The van der Waals surface area contributed by atoms with E-state index >= 15 is 0 Å². The number of amides is 2. The summed E-state index contributed by atoms with van der Waals surface area (Å²) in [6.07, 6.45) is 1.32. The van der Waals surface area contributed by atoms with E-state index in [0.29, 0.717) is 22.7 Å². The van der Waals surface area contributed by atoms with Crippen LogP contribution in [0.5, 0.6) is 11.5 Å². The van der Waals surface area contributed by atoms with Crippen molar-refractivity contribution in [2.24, 2.45) is 5.10 Å². The Morgan fingerprint density at radius 2 is 1.76 bits per heavy atom. The highest BCUT2D eigenvalue weighted by molar-refractivity contribution is 6.39. The highest BCUT2D eigenvalue weighted by Gasteiger charge is 2.13. The van der Waals surface area contributed by atoms with E-state index in [0.717, 1.165) is 0 Å². The fourth-order valence-electron chi connectivity index (χ4n) is 1.87. The van der Waals surface area contributed by atoms with E-state index in [2.05, 4.69) is 15.8 Å². The van der Waals surface area contributed by atoms with Gasteiger partial charge in [-0.25, -0.2) is 9.82 Å². The largest absolute Gasteiger partial charge is 0.497 e. The Labute approximate surface area is 143 Å². The third-order valence-corrected chi connectivity index (χ3v) is 3.11. The first-order chi connectivity index (χ1) is 12.0. The number of nitrogens with zero attached hydrogens (tertiary/aromatic N) is 1. The van der Waals surface area contributed by atoms with Gasteiger partial charge in [0.25, 0.3) is 0 Å². The highest BCUT2D eigenvalue weighted by atomic mass is 19.1. The summed E-state index contributed by atoms with van der Waals surface area (Å²) in [6.45, 7) is 0. The Hall–Kier alpha value is -3.42. The molecule has 0 spiro atoms. The summed E-state index contributed by atoms with van der Waals surface area (Å²) in [7, 11) is 3.01. The second-order valence-corrected chi connectivity index (χ2v) is 4.77. The molecule has 0 saturated carbocycles. The summed E-state index contributed by atoms with van der Waals surface area (Å²) in [5.41, 5.74) is 2.95. The van der Waals surface area contributed by atoms with Crippen LogP contribution in [0.15, 0.2) is 47.6 Å². The zero-order valence-electron chi connectivity index (χ0n) is 13.6. The first-order valence-electron chi connectivity index (χ1n) is 7.15. The van der Waals surface area contributed by atoms with Gasteiger partial charge in [0, 0.05) is 11.3 Å². The van der Waals surface area contributed by atoms with Crippen molar-refractivity contribution in [1.82, 2.24) is 5.43 Å². The molecule has 130 valence electrons. The molecule has 2 aromatic carbocycles. The predicted molar refractivity (Wildman–Crippen MR) is 90.3 cm³/mol. The number of methoxy groups -OCH3 is 2. The maximum Gasteiger partial charge on any atom is 0.329 e. The first kappa shape index (κ1) is 17.9. The number of nitrogens with one attached hydrogen (secondary N) is 2. The van der Waals surface area contributed by atoms with Crippen LogP contribution in [0.3, 0.4) is 0 Å². The summed E-state index contributed by atoms with van der Waals surface area (Å²) in [6, 6.07) is 10.1. The topological polar surface area (TPSA) is 89.0 Å². The average molecular weight is 345 g/mol. The van der Waals surface area contributed by atoms with Gasteiger partial charge < -0.3 is 14.8 Å². The quantitative estimate of drug-likeness (QED) is 0.492. The van der Waals surface area contributed by atoms with Crippen LogP contribution in [0.25, 0.3) is 0 Å². The average Bonchev–Trinajstić information content (AvgIpc) is 2.63. The minimum absolute atomic E-state index is 0.292. The van der Waals surface area contributed by atoms with Crippen LogP contribution >= 0.6 is 0 Å². The second-order valence-electron chi connectivity index (χ2n) is 4.77. The van der Waals surface area contributed by atoms with Crippen molar-refractivity contribution in [3.63, 3.8) is 0 Å². The SMILES string of the molecule is COc1ccc(OC)c(/C=N\NC(=O)C(=O)Nc2ccc(F)cc2)c1. The molecule has 0 heterocycles. The van der Waals surface area contributed by atoms with Gasteiger partial charge in [0.05, 0.1) is 20.4 Å². The van der Waals surface area contributed by atoms with E-state index in [1.54, 1.807) is 18.2 Å². The van der Waals surface area contributed by atoms with Crippen molar-refractivity contribution in [3.8, 4) is 11.5 Å². The number of halogens is 1. The number of hydrogen-bond acceptors (Lipinski definition) is 5. The Balaban J connectivity index is 1.97. The predicted octanol–water partition coefficient (Wildman–Crippen LogP) is 1.93. The van der Waals surface area contributed by atoms with Crippen molar-refractivity contribution in [1.29, 1.82) is 0 Å². The van der Waals surface area contributed by atoms with Crippen LogP contribution in [0, 0.1) is 5.82 Å². The summed E-state index contributed by atoms with van der Waals surface area (Å²) in [4.78, 5) is 23.4. The van der Waals surface area contributed by atoms with Gasteiger partial charge in [-0.2, -0.15) is 5.10 Å².